The van der Waals surface area contributed by atoms with E-state index in [-0.39, 0.29) is 0 Å². The number of fused-ring (bicyclic) bond motifs is 1. The Bertz CT molecular complexity index is 969. The summed E-state index contributed by atoms with van der Waals surface area (Å²) in [5.74, 6) is 0. The maximum absolute atomic E-state index is 6.17. The summed E-state index contributed by atoms with van der Waals surface area (Å²) >= 11 is 6.17. The highest BCUT2D eigenvalue weighted by molar-refractivity contribution is 6.30. The van der Waals surface area contributed by atoms with Gasteiger partial charge < -0.3 is 4.90 Å². The number of nitrogens with zero attached hydrogens (tertiary/aromatic N) is 5. The topological polar surface area (TPSA) is 48.6 Å². The lowest BCUT2D eigenvalue weighted by Gasteiger charge is -2.44. The van der Waals surface area contributed by atoms with Crippen LogP contribution in [0.1, 0.15) is 18.4 Å². The van der Waals surface area contributed by atoms with Gasteiger partial charge >= 0.3 is 0 Å². The second-order valence-electron chi connectivity index (χ2n) is 8.08. The molecule has 2 aliphatic rings. The Morgan fingerprint density at radius 3 is 2.72 bits per heavy atom. The lowest BCUT2D eigenvalue weighted by atomic mass is 10.0. The smallest absolute Gasteiger partial charge is 0.139 e. The molecule has 0 amide bonds. The molecule has 2 fully saturated rings. The molecule has 3 aromatic rings. The summed E-state index contributed by atoms with van der Waals surface area (Å²) < 4.78 is 4.93. The van der Waals surface area contributed by atoms with Crippen molar-refractivity contribution in [3.8, 4) is 0 Å². The molecule has 1 unspecified atom stereocenters. The molecule has 2 aliphatic heterocycles. The second kappa shape index (κ2) is 8.30. The minimum Gasteiger partial charge on any atom is -0.369 e. The fourth-order valence-corrected chi connectivity index (χ4v) is 4.91. The van der Waals surface area contributed by atoms with Crippen molar-refractivity contribution in [2.45, 2.75) is 25.4 Å². The van der Waals surface area contributed by atoms with Crippen LogP contribution in [0.3, 0.4) is 0 Å². The minimum atomic E-state index is 0.625. The van der Waals surface area contributed by atoms with Gasteiger partial charge in [0.25, 0.3) is 0 Å². The first-order chi connectivity index (χ1) is 14.3. The van der Waals surface area contributed by atoms with Crippen LogP contribution >= 0.6 is 11.6 Å². The number of piperazine rings is 1. The fourth-order valence-electron chi connectivity index (χ4n) is 4.72. The van der Waals surface area contributed by atoms with E-state index >= 15 is 0 Å². The molecule has 0 radical (unpaired) electrons. The highest BCUT2D eigenvalue weighted by Gasteiger charge is 2.28. The fraction of sp³-hybridized carbons (Fsp3) is 0.455. The van der Waals surface area contributed by atoms with Crippen molar-refractivity contribution in [2.24, 2.45) is 0 Å². The summed E-state index contributed by atoms with van der Waals surface area (Å²) in [6.45, 7) is 7.48. The molecule has 0 aliphatic carbocycles. The summed E-state index contributed by atoms with van der Waals surface area (Å²) in [6.07, 6.45) is 2.52. The van der Waals surface area contributed by atoms with E-state index in [0.29, 0.717) is 6.04 Å². The SMILES string of the molecule is Clc1cccc(N2CCN(C3CCCN(Cc4cccc5nonc45)C3)CC2)c1. The minimum absolute atomic E-state index is 0.625. The van der Waals surface area contributed by atoms with Gasteiger partial charge in [-0.3, -0.25) is 9.80 Å². The first-order valence-corrected chi connectivity index (χ1v) is 10.8. The number of hydrogen-bond donors (Lipinski definition) is 0. The maximum atomic E-state index is 6.17. The zero-order valence-corrected chi connectivity index (χ0v) is 17.3. The first-order valence-electron chi connectivity index (χ1n) is 10.4. The van der Waals surface area contributed by atoms with Gasteiger partial charge in [-0.15, -0.1) is 0 Å². The molecule has 7 heteroatoms. The normalized spacial score (nSPS) is 21.7. The summed E-state index contributed by atoms with van der Waals surface area (Å²) in [5, 5.41) is 8.88. The van der Waals surface area contributed by atoms with Gasteiger partial charge in [-0.05, 0) is 59.5 Å². The predicted octanol–water partition coefficient (Wildman–Crippen LogP) is 3.66. The number of likely N-dealkylation sites (tertiary alicyclic amines) is 1. The lowest BCUT2D eigenvalue weighted by Crippen LogP contribution is -2.55. The molecule has 29 heavy (non-hydrogen) atoms. The Morgan fingerprint density at radius 1 is 1.00 bits per heavy atom. The van der Waals surface area contributed by atoms with Crippen LogP contribution in [0.5, 0.6) is 0 Å². The monoisotopic (exact) mass is 411 g/mol. The van der Waals surface area contributed by atoms with Crippen molar-refractivity contribution < 1.29 is 4.63 Å². The molecule has 2 aromatic carbocycles. The van der Waals surface area contributed by atoms with Gasteiger partial charge in [0.05, 0.1) is 0 Å². The molecule has 0 saturated carbocycles. The quantitative estimate of drug-likeness (QED) is 0.653. The molecule has 3 heterocycles. The van der Waals surface area contributed by atoms with Crippen LogP contribution in [0.4, 0.5) is 5.69 Å². The van der Waals surface area contributed by atoms with E-state index in [1.807, 2.05) is 24.3 Å². The van der Waals surface area contributed by atoms with Crippen molar-refractivity contribution in [3.05, 3.63) is 53.1 Å². The average molecular weight is 412 g/mol. The number of halogens is 1. The first kappa shape index (κ1) is 18.9. The van der Waals surface area contributed by atoms with E-state index < -0.39 is 0 Å². The van der Waals surface area contributed by atoms with Gasteiger partial charge in [0.15, 0.2) is 0 Å². The molecular weight excluding hydrogens is 386 g/mol. The lowest BCUT2D eigenvalue weighted by molar-refractivity contribution is 0.0889. The van der Waals surface area contributed by atoms with Crippen LogP contribution in [0.15, 0.2) is 47.1 Å². The zero-order chi connectivity index (χ0) is 19.6. The Morgan fingerprint density at radius 2 is 1.86 bits per heavy atom. The molecule has 0 N–H and O–H groups in total. The standard InChI is InChI=1S/C22H26ClN5O/c23-18-5-2-6-19(14-18)27-10-12-28(13-11-27)20-7-3-9-26(16-20)15-17-4-1-8-21-22(17)25-29-24-21/h1-2,4-6,8,14,20H,3,7,9-13,15-16H2. The number of piperidine rings is 1. The summed E-state index contributed by atoms with van der Waals surface area (Å²) in [6, 6.07) is 15.0. The molecule has 1 aromatic heterocycles. The van der Waals surface area contributed by atoms with Crippen LogP contribution in [0.2, 0.25) is 5.02 Å². The van der Waals surface area contributed by atoms with E-state index in [1.165, 1.54) is 24.1 Å². The van der Waals surface area contributed by atoms with Crippen LogP contribution in [-0.4, -0.2) is 65.4 Å². The van der Waals surface area contributed by atoms with E-state index in [1.54, 1.807) is 0 Å². The predicted molar refractivity (Wildman–Crippen MR) is 115 cm³/mol. The van der Waals surface area contributed by atoms with E-state index in [0.717, 1.165) is 61.9 Å². The van der Waals surface area contributed by atoms with Gasteiger partial charge in [0, 0.05) is 56.0 Å². The Kier molecular flexibility index (Phi) is 5.40. The summed E-state index contributed by atoms with van der Waals surface area (Å²) in [7, 11) is 0. The van der Waals surface area contributed by atoms with Crippen molar-refractivity contribution in [3.63, 3.8) is 0 Å². The average Bonchev–Trinajstić information content (AvgIpc) is 3.24. The number of hydrogen-bond acceptors (Lipinski definition) is 6. The van der Waals surface area contributed by atoms with Crippen molar-refractivity contribution in [2.75, 3.05) is 44.2 Å². The van der Waals surface area contributed by atoms with Gasteiger partial charge in [-0.25, -0.2) is 4.63 Å². The third-order valence-electron chi connectivity index (χ3n) is 6.25. The third kappa shape index (κ3) is 4.10. The van der Waals surface area contributed by atoms with Gasteiger partial charge in [-0.2, -0.15) is 0 Å². The summed E-state index contributed by atoms with van der Waals surface area (Å²) in [4.78, 5) is 7.67. The second-order valence-corrected chi connectivity index (χ2v) is 8.52. The molecular formula is C22H26ClN5O. The van der Waals surface area contributed by atoms with Gasteiger partial charge in [-0.1, -0.05) is 29.8 Å². The molecule has 5 rings (SSSR count). The van der Waals surface area contributed by atoms with Crippen molar-refractivity contribution in [1.29, 1.82) is 0 Å². The van der Waals surface area contributed by atoms with Crippen molar-refractivity contribution in [1.82, 2.24) is 20.1 Å². The number of aromatic nitrogens is 2. The van der Waals surface area contributed by atoms with Crippen LogP contribution in [0, 0.1) is 0 Å². The number of anilines is 1. The highest BCUT2D eigenvalue weighted by Crippen LogP contribution is 2.24. The van der Waals surface area contributed by atoms with E-state index in [9.17, 15) is 0 Å². The zero-order valence-electron chi connectivity index (χ0n) is 16.5. The Balaban J connectivity index is 1.20. The molecule has 6 nitrogen and oxygen atoms in total. The van der Waals surface area contributed by atoms with Crippen molar-refractivity contribution >= 4 is 28.3 Å². The Hall–Kier alpha value is -2.15. The molecule has 0 bridgehead atoms. The summed E-state index contributed by atoms with van der Waals surface area (Å²) in [5.41, 5.74) is 4.17. The molecule has 152 valence electrons. The third-order valence-corrected chi connectivity index (χ3v) is 6.48. The van der Waals surface area contributed by atoms with Gasteiger partial charge in [0.2, 0.25) is 0 Å². The highest BCUT2D eigenvalue weighted by atomic mass is 35.5. The van der Waals surface area contributed by atoms with Crippen LogP contribution in [-0.2, 0) is 6.54 Å². The van der Waals surface area contributed by atoms with Gasteiger partial charge in [0.1, 0.15) is 11.0 Å². The number of benzene rings is 2. The van der Waals surface area contributed by atoms with Crippen LogP contribution in [0.25, 0.3) is 11.0 Å². The maximum Gasteiger partial charge on any atom is 0.139 e. The Labute approximate surface area is 176 Å². The molecule has 2 saturated heterocycles. The molecule has 0 spiro atoms. The molecule has 1 atom stereocenters. The van der Waals surface area contributed by atoms with E-state index in [2.05, 4.69) is 43.2 Å². The van der Waals surface area contributed by atoms with E-state index in [4.69, 9.17) is 16.2 Å². The van der Waals surface area contributed by atoms with Crippen LogP contribution < -0.4 is 4.90 Å². The largest absolute Gasteiger partial charge is 0.369 e. The number of rotatable bonds is 4.